The van der Waals surface area contributed by atoms with E-state index in [1.807, 2.05) is 58.0 Å². The third kappa shape index (κ3) is 3.89. The van der Waals surface area contributed by atoms with E-state index in [-0.39, 0.29) is 30.7 Å². The maximum Gasteiger partial charge on any atom is 0.164 e. The highest BCUT2D eigenvalue weighted by Gasteiger charge is 2.50. The van der Waals surface area contributed by atoms with Crippen LogP contribution >= 0.6 is 0 Å². The summed E-state index contributed by atoms with van der Waals surface area (Å²) in [5.41, 5.74) is 0. The lowest BCUT2D eigenvalue weighted by molar-refractivity contribution is -0.174. The Labute approximate surface area is 158 Å². The molecular weight excluding hydrogens is 348 g/mol. The summed E-state index contributed by atoms with van der Waals surface area (Å²) in [6.07, 6.45) is -0.890. The van der Waals surface area contributed by atoms with Crippen molar-refractivity contribution in [2.75, 3.05) is 13.2 Å². The minimum absolute atomic E-state index is 0.102. The molecule has 4 rings (SSSR count). The number of hydrogen-bond acceptors (Lipinski definition) is 6. The molecule has 2 aliphatic heterocycles. The van der Waals surface area contributed by atoms with Crippen LogP contribution < -0.4 is 4.74 Å². The minimum Gasteiger partial charge on any atom is -0.504 e. The maximum absolute atomic E-state index is 10.3. The second-order valence-corrected chi connectivity index (χ2v) is 7.98. The van der Waals surface area contributed by atoms with Crippen LogP contribution in [0.15, 0.2) is 36.4 Å². The van der Waals surface area contributed by atoms with E-state index in [1.165, 1.54) is 0 Å². The first kappa shape index (κ1) is 18.5. The van der Waals surface area contributed by atoms with E-state index >= 15 is 0 Å². The summed E-state index contributed by atoms with van der Waals surface area (Å²) in [6, 6.07) is 11.4. The van der Waals surface area contributed by atoms with Crippen molar-refractivity contribution in [1.82, 2.24) is 0 Å². The Morgan fingerprint density at radius 2 is 1.70 bits per heavy atom. The van der Waals surface area contributed by atoms with Gasteiger partial charge in [0.05, 0.1) is 6.61 Å². The summed E-state index contributed by atoms with van der Waals surface area (Å²) in [7, 11) is 0. The molecule has 6 nitrogen and oxygen atoms in total. The summed E-state index contributed by atoms with van der Waals surface area (Å²) in [4.78, 5) is 0. The molecule has 0 saturated carbocycles. The fourth-order valence-electron chi connectivity index (χ4n) is 3.68. The van der Waals surface area contributed by atoms with Crippen LogP contribution in [0.25, 0.3) is 10.8 Å². The van der Waals surface area contributed by atoms with Gasteiger partial charge in [-0.15, -0.1) is 0 Å². The molecule has 3 atom stereocenters. The SMILES string of the molecule is CC1(C)OC[C@H]([C@H]2OC(C)(C)O[C@@H]2COc2cc3ccccc3cc2O)O1. The van der Waals surface area contributed by atoms with Crippen molar-refractivity contribution in [1.29, 1.82) is 0 Å². The molecule has 6 heteroatoms. The maximum atomic E-state index is 10.3. The quantitative estimate of drug-likeness (QED) is 0.882. The van der Waals surface area contributed by atoms with Gasteiger partial charge in [-0.25, -0.2) is 0 Å². The van der Waals surface area contributed by atoms with Crippen LogP contribution in [0.2, 0.25) is 0 Å². The van der Waals surface area contributed by atoms with Crippen LogP contribution in [-0.2, 0) is 18.9 Å². The zero-order chi connectivity index (χ0) is 19.2. The number of rotatable bonds is 4. The van der Waals surface area contributed by atoms with Crippen LogP contribution in [0, 0.1) is 0 Å². The molecule has 2 saturated heterocycles. The van der Waals surface area contributed by atoms with Gasteiger partial charge in [-0.2, -0.15) is 0 Å². The fourth-order valence-corrected chi connectivity index (χ4v) is 3.68. The predicted molar refractivity (Wildman–Crippen MR) is 99.8 cm³/mol. The van der Waals surface area contributed by atoms with Crippen LogP contribution in [0.3, 0.4) is 0 Å². The smallest absolute Gasteiger partial charge is 0.164 e. The molecule has 146 valence electrons. The molecule has 0 unspecified atom stereocenters. The van der Waals surface area contributed by atoms with E-state index < -0.39 is 11.6 Å². The monoisotopic (exact) mass is 374 g/mol. The third-order valence-corrected chi connectivity index (χ3v) is 4.85. The third-order valence-electron chi connectivity index (χ3n) is 4.85. The van der Waals surface area contributed by atoms with E-state index in [0.717, 1.165) is 10.8 Å². The number of phenols is 1. The normalized spacial score (nSPS) is 29.3. The number of hydrogen-bond donors (Lipinski definition) is 1. The van der Waals surface area contributed by atoms with Gasteiger partial charge in [0.25, 0.3) is 0 Å². The van der Waals surface area contributed by atoms with Gasteiger partial charge in [-0.05, 0) is 50.6 Å². The molecule has 0 radical (unpaired) electrons. The zero-order valence-corrected chi connectivity index (χ0v) is 16.1. The molecule has 2 aromatic carbocycles. The highest BCUT2D eigenvalue weighted by atomic mass is 16.8. The van der Waals surface area contributed by atoms with Gasteiger partial charge in [0.15, 0.2) is 23.1 Å². The van der Waals surface area contributed by atoms with E-state index in [2.05, 4.69) is 0 Å². The highest BCUT2D eigenvalue weighted by Crippen LogP contribution is 2.37. The number of aromatic hydroxyl groups is 1. The number of phenolic OH excluding ortho intramolecular Hbond substituents is 1. The average molecular weight is 374 g/mol. The van der Waals surface area contributed by atoms with Crippen molar-refractivity contribution in [3.63, 3.8) is 0 Å². The summed E-state index contributed by atoms with van der Waals surface area (Å²) in [5, 5.41) is 12.2. The van der Waals surface area contributed by atoms with E-state index in [9.17, 15) is 5.11 Å². The standard InChI is InChI=1S/C21H26O6/c1-20(2)24-12-18(25-20)19-17(26-21(3,4)27-19)11-23-16-10-14-8-6-5-7-13(14)9-15(16)22/h5-10,17-19,22H,11-12H2,1-4H3/t17-,18-,19+/m1/s1. The van der Waals surface area contributed by atoms with Gasteiger partial charge in [0, 0.05) is 0 Å². The lowest BCUT2D eigenvalue weighted by atomic mass is 10.1. The predicted octanol–water partition coefficient (Wildman–Crippen LogP) is 3.60. The van der Waals surface area contributed by atoms with Crippen molar-refractivity contribution in [2.24, 2.45) is 0 Å². The second kappa shape index (κ2) is 6.63. The van der Waals surface area contributed by atoms with Gasteiger partial charge in [0.1, 0.15) is 24.9 Å². The van der Waals surface area contributed by atoms with E-state index in [0.29, 0.717) is 12.4 Å². The second-order valence-electron chi connectivity index (χ2n) is 7.98. The van der Waals surface area contributed by atoms with Gasteiger partial charge in [0.2, 0.25) is 0 Å². The van der Waals surface area contributed by atoms with Gasteiger partial charge in [-0.3, -0.25) is 0 Å². The Balaban J connectivity index is 1.50. The van der Waals surface area contributed by atoms with E-state index in [4.69, 9.17) is 23.7 Å². The van der Waals surface area contributed by atoms with Crippen molar-refractivity contribution >= 4 is 10.8 Å². The molecule has 2 aliphatic rings. The summed E-state index contributed by atoms with van der Waals surface area (Å²) >= 11 is 0. The molecule has 2 fully saturated rings. The van der Waals surface area contributed by atoms with Gasteiger partial charge < -0.3 is 28.8 Å². The molecule has 0 aliphatic carbocycles. The van der Waals surface area contributed by atoms with Crippen LogP contribution in [0.4, 0.5) is 0 Å². The van der Waals surface area contributed by atoms with Crippen LogP contribution in [0.1, 0.15) is 27.7 Å². The molecule has 0 bridgehead atoms. The van der Waals surface area contributed by atoms with Gasteiger partial charge >= 0.3 is 0 Å². The molecule has 0 amide bonds. The topological polar surface area (TPSA) is 66.4 Å². The Morgan fingerprint density at radius 3 is 2.37 bits per heavy atom. The summed E-state index contributed by atoms with van der Waals surface area (Å²) in [5.74, 6) is -0.849. The van der Waals surface area contributed by atoms with Crippen molar-refractivity contribution in [3.8, 4) is 11.5 Å². The Kier molecular flexibility index (Phi) is 4.55. The first-order valence-electron chi connectivity index (χ1n) is 9.24. The zero-order valence-electron chi connectivity index (χ0n) is 16.1. The first-order chi connectivity index (χ1) is 12.7. The van der Waals surface area contributed by atoms with Crippen molar-refractivity contribution in [2.45, 2.75) is 57.6 Å². The lowest BCUT2D eigenvalue weighted by Crippen LogP contribution is -2.40. The summed E-state index contributed by atoms with van der Waals surface area (Å²) in [6.45, 7) is 8.18. The largest absolute Gasteiger partial charge is 0.504 e. The Bertz CT molecular complexity index is 831. The van der Waals surface area contributed by atoms with Gasteiger partial charge in [-0.1, -0.05) is 24.3 Å². The molecule has 0 aromatic heterocycles. The minimum atomic E-state index is -0.736. The fraction of sp³-hybridized carbons (Fsp3) is 0.524. The van der Waals surface area contributed by atoms with Crippen LogP contribution in [0.5, 0.6) is 11.5 Å². The van der Waals surface area contributed by atoms with E-state index in [1.54, 1.807) is 6.07 Å². The van der Waals surface area contributed by atoms with Crippen LogP contribution in [-0.4, -0.2) is 48.2 Å². The van der Waals surface area contributed by atoms with Crippen molar-refractivity contribution in [3.05, 3.63) is 36.4 Å². The number of ether oxygens (including phenoxy) is 5. The Morgan fingerprint density at radius 1 is 1.00 bits per heavy atom. The number of fused-ring (bicyclic) bond motifs is 1. The molecule has 1 N–H and O–H groups in total. The molecule has 2 aromatic rings. The first-order valence-corrected chi connectivity index (χ1v) is 9.24. The molecule has 27 heavy (non-hydrogen) atoms. The molecular formula is C21H26O6. The summed E-state index contributed by atoms with van der Waals surface area (Å²) < 4.78 is 29.6. The Hall–Kier alpha value is -1.86. The molecule has 2 heterocycles. The lowest BCUT2D eigenvalue weighted by Gasteiger charge is -2.24. The van der Waals surface area contributed by atoms with Crippen molar-refractivity contribution < 1.29 is 28.8 Å². The highest BCUT2D eigenvalue weighted by molar-refractivity contribution is 5.85. The molecule has 0 spiro atoms. The average Bonchev–Trinajstić information content (AvgIpc) is 3.11. The number of benzene rings is 2.